The van der Waals surface area contributed by atoms with Crippen molar-refractivity contribution in [3.63, 3.8) is 0 Å². The first-order valence-corrected chi connectivity index (χ1v) is 7.61. The predicted molar refractivity (Wildman–Crippen MR) is 75.5 cm³/mol. The van der Waals surface area contributed by atoms with E-state index in [-0.39, 0.29) is 17.5 Å². The van der Waals surface area contributed by atoms with Crippen molar-refractivity contribution >= 4 is 16.1 Å². The number of nitrogens with one attached hydrogen (secondary N) is 3. The van der Waals surface area contributed by atoms with Crippen LogP contribution in [0.3, 0.4) is 0 Å². The van der Waals surface area contributed by atoms with E-state index in [0.717, 1.165) is 11.3 Å². The highest BCUT2D eigenvalue weighted by molar-refractivity contribution is 7.89. The van der Waals surface area contributed by atoms with Gasteiger partial charge in [0.2, 0.25) is 10.0 Å². The van der Waals surface area contributed by atoms with Gasteiger partial charge in [0.05, 0.1) is 17.1 Å². The Labute approximate surface area is 121 Å². The molecule has 8 nitrogen and oxygen atoms in total. The van der Waals surface area contributed by atoms with Crippen LogP contribution in [0.4, 0.5) is 4.79 Å². The van der Waals surface area contributed by atoms with Crippen molar-refractivity contribution in [2.24, 2.45) is 5.14 Å². The minimum absolute atomic E-state index is 0.0370. The van der Waals surface area contributed by atoms with Crippen molar-refractivity contribution < 1.29 is 13.2 Å². The zero-order valence-electron chi connectivity index (χ0n) is 11.0. The Hall–Kier alpha value is -2.39. The fourth-order valence-corrected chi connectivity index (χ4v) is 2.12. The number of aromatic amines is 1. The second-order valence-corrected chi connectivity index (χ2v) is 5.87. The van der Waals surface area contributed by atoms with Crippen molar-refractivity contribution in [3.05, 3.63) is 47.8 Å². The van der Waals surface area contributed by atoms with Crippen LogP contribution in [0.25, 0.3) is 0 Å². The molecule has 0 spiro atoms. The summed E-state index contributed by atoms with van der Waals surface area (Å²) in [7, 11) is -3.69. The average Bonchev–Trinajstić information content (AvgIpc) is 2.95. The monoisotopic (exact) mass is 309 g/mol. The Kier molecular flexibility index (Phi) is 4.55. The number of sulfonamides is 1. The second-order valence-electron chi connectivity index (χ2n) is 4.31. The summed E-state index contributed by atoms with van der Waals surface area (Å²) in [6.45, 7) is 0.621. The van der Waals surface area contributed by atoms with Crippen molar-refractivity contribution in [1.29, 1.82) is 0 Å². The van der Waals surface area contributed by atoms with Gasteiger partial charge in [-0.3, -0.25) is 5.10 Å². The van der Waals surface area contributed by atoms with E-state index >= 15 is 0 Å². The van der Waals surface area contributed by atoms with Crippen LogP contribution in [-0.2, 0) is 23.1 Å². The summed E-state index contributed by atoms with van der Waals surface area (Å²) >= 11 is 0. The fourth-order valence-electron chi connectivity index (χ4n) is 1.60. The van der Waals surface area contributed by atoms with Crippen molar-refractivity contribution in [3.8, 4) is 0 Å². The van der Waals surface area contributed by atoms with E-state index < -0.39 is 10.0 Å². The molecule has 0 saturated carbocycles. The van der Waals surface area contributed by atoms with Crippen LogP contribution in [0.2, 0.25) is 0 Å². The van der Waals surface area contributed by atoms with Crippen LogP contribution in [0, 0.1) is 0 Å². The molecule has 0 aliphatic heterocycles. The smallest absolute Gasteiger partial charge is 0.315 e. The maximum Gasteiger partial charge on any atom is 0.315 e. The number of carbonyl (C=O) groups is 1. The van der Waals surface area contributed by atoms with Crippen molar-refractivity contribution in [1.82, 2.24) is 20.8 Å². The maximum absolute atomic E-state index is 11.6. The van der Waals surface area contributed by atoms with Crippen LogP contribution in [0.15, 0.2) is 41.4 Å². The van der Waals surface area contributed by atoms with Gasteiger partial charge in [0, 0.05) is 12.7 Å². The molecule has 2 aromatic rings. The molecular weight excluding hydrogens is 294 g/mol. The maximum atomic E-state index is 11.6. The average molecular weight is 309 g/mol. The molecular formula is C12H15N5O3S. The minimum atomic E-state index is -3.69. The molecule has 0 radical (unpaired) electrons. The highest BCUT2D eigenvalue weighted by atomic mass is 32.2. The SMILES string of the molecule is NS(=O)(=O)c1ccc(CNC(=O)NCc2ccn[nH]2)cc1. The third-order valence-corrected chi connectivity index (χ3v) is 3.63. The second kappa shape index (κ2) is 6.37. The number of primary sulfonamides is 1. The van der Waals surface area contributed by atoms with E-state index in [1.54, 1.807) is 24.4 Å². The molecule has 0 unspecified atom stereocenters. The number of carbonyl (C=O) groups excluding carboxylic acids is 1. The molecule has 1 aromatic heterocycles. The number of benzene rings is 1. The van der Waals surface area contributed by atoms with Gasteiger partial charge in [0.1, 0.15) is 0 Å². The largest absolute Gasteiger partial charge is 0.334 e. The van der Waals surface area contributed by atoms with E-state index in [1.165, 1.54) is 12.1 Å². The lowest BCUT2D eigenvalue weighted by molar-refractivity contribution is 0.240. The topological polar surface area (TPSA) is 130 Å². The highest BCUT2D eigenvalue weighted by Gasteiger charge is 2.07. The Bertz CT molecular complexity index is 695. The molecule has 0 saturated heterocycles. The molecule has 0 bridgehead atoms. The van der Waals surface area contributed by atoms with Crippen LogP contribution in [0.1, 0.15) is 11.3 Å². The Morgan fingerprint density at radius 3 is 2.38 bits per heavy atom. The van der Waals surface area contributed by atoms with Gasteiger partial charge >= 0.3 is 6.03 Å². The molecule has 9 heteroatoms. The normalized spacial score (nSPS) is 11.1. The fraction of sp³-hybridized carbons (Fsp3) is 0.167. The van der Waals surface area contributed by atoms with Crippen molar-refractivity contribution in [2.45, 2.75) is 18.0 Å². The summed E-state index contributed by atoms with van der Waals surface area (Å²) in [4.78, 5) is 11.6. The third-order valence-electron chi connectivity index (χ3n) is 2.70. The lowest BCUT2D eigenvalue weighted by Gasteiger charge is -2.07. The summed E-state index contributed by atoms with van der Waals surface area (Å²) in [6, 6.07) is 7.40. The molecule has 0 aliphatic rings. The number of hydrogen-bond acceptors (Lipinski definition) is 4. The summed E-state index contributed by atoms with van der Waals surface area (Å²) in [5.41, 5.74) is 1.56. The number of nitrogens with zero attached hydrogens (tertiary/aromatic N) is 1. The van der Waals surface area contributed by atoms with Gasteiger partial charge in [-0.15, -0.1) is 0 Å². The summed E-state index contributed by atoms with van der Waals surface area (Å²) in [5.74, 6) is 0. The van der Waals surface area contributed by atoms with Gasteiger partial charge in [-0.2, -0.15) is 5.10 Å². The zero-order chi connectivity index (χ0) is 15.3. The molecule has 5 N–H and O–H groups in total. The van der Waals surface area contributed by atoms with Crippen LogP contribution >= 0.6 is 0 Å². The number of hydrogen-bond donors (Lipinski definition) is 4. The Morgan fingerprint density at radius 2 is 1.81 bits per heavy atom. The van der Waals surface area contributed by atoms with E-state index in [9.17, 15) is 13.2 Å². The van der Waals surface area contributed by atoms with Crippen molar-refractivity contribution in [2.75, 3.05) is 0 Å². The molecule has 1 aromatic carbocycles. The highest BCUT2D eigenvalue weighted by Crippen LogP contribution is 2.08. The van der Waals surface area contributed by atoms with Gasteiger partial charge in [0.15, 0.2) is 0 Å². The van der Waals surface area contributed by atoms with E-state index in [0.29, 0.717) is 6.54 Å². The zero-order valence-corrected chi connectivity index (χ0v) is 11.9. The molecule has 112 valence electrons. The lowest BCUT2D eigenvalue weighted by atomic mass is 10.2. The first-order chi connectivity index (χ1) is 9.95. The van der Waals surface area contributed by atoms with Crippen LogP contribution in [-0.4, -0.2) is 24.6 Å². The standard InChI is InChI=1S/C12H15N5O3S/c13-21(19,20)11-3-1-9(2-4-11)7-14-12(18)15-8-10-5-6-16-17-10/h1-6H,7-8H2,(H,16,17)(H2,13,19,20)(H2,14,15,18). The summed E-state index contributed by atoms with van der Waals surface area (Å²) < 4.78 is 22.2. The summed E-state index contributed by atoms with van der Waals surface area (Å²) in [6.07, 6.45) is 1.60. The van der Waals surface area contributed by atoms with E-state index in [2.05, 4.69) is 20.8 Å². The number of urea groups is 1. The number of H-pyrrole nitrogens is 1. The first-order valence-electron chi connectivity index (χ1n) is 6.07. The minimum Gasteiger partial charge on any atom is -0.334 e. The lowest BCUT2D eigenvalue weighted by Crippen LogP contribution is -2.34. The number of nitrogens with two attached hydrogens (primary N) is 1. The van der Waals surface area contributed by atoms with Crippen LogP contribution in [0.5, 0.6) is 0 Å². The quantitative estimate of drug-likeness (QED) is 0.622. The summed E-state index contributed by atoms with van der Waals surface area (Å²) in [5, 5.41) is 16.8. The Balaban J connectivity index is 1.81. The molecule has 0 atom stereocenters. The van der Waals surface area contributed by atoms with Gasteiger partial charge in [0.25, 0.3) is 0 Å². The molecule has 0 fully saturated rings. The number of rotatable bonds is 5. The Morgan fingerprint density at radius 1 is 1.14 bits per heavy atom. The van der Waals surface area contributed by atoms with Crippen LogP contribution < -0.4 is 15.8 Å². The van der Waals surface area contributed by atoms with Gasteiger partial charge < -0.3 is 10.6 Å². The molecule has 1 heterocycles. The van der Waals surface area contributed by atoms with Gasteiger partial charge in [-0.1, -0.05) is 12.1 Å². The molecule has 2 rings (SSSR count). The molecule has 0 aliphatic carbocycles. The number of amides is 2. The molecule has 21 heavy (non-hydrogen) atoms. The third kappa shape index (κ3) is 4.58. The van der Waals surface area contributed by atoms with E-state index in [4.69, 9.17) is 5.14 Å². The molecule has 2 amide bonds. The first kappa shape index (κ1) is 15.0. The van der Waals surface area contributed by atoms with Gasteiger partial charge in [-0.05, 0) is 23.8 Å². The van der Waals surface area contributed by atoms with E-state index in [1.807, 2.05) is 0 Å². The number of aromatic nitrogens is 2. The van der Waals surface area contributed by atoms with Gasteiger partial charge in [-0.25, -0.2) is 18.4 Å². The predicted octanol–water partition coefficient (Wildman–Crippen LogP) is 0.0565.